The second-order valence-corrected chi connectivity index (χ2v) is 6.51. The molecule has 3 aromatic rings. The standard InChI is InChI=1S/C18H19ClN4O/c1-10(2)23-17-15(12(4)22-23)16(19)14(9-20-17)18(24)21-13-7-5-11(3)6-8-13/h5-10H,1-4H3,(H,21,24). The van der Waals surface area contributed by atoms with Crippen LogP contribution in [0.2, 0.25) is 5.02 Å². The summed E-state index contributed by atoms with van der Waals surface area (Å²) in [5.41, 5.74) is 3.65. The largest absolute Gasteiger partial charge is 0.322 e. The van der Waals surface area contributed by atoms with Gasteiger partial charge in [-0.2, -0.15) is 5.10 Å². The number of halogens is 1. The van der Waals surface area contributed by atoms with Gasteiger partial charge in [0.1, 0.15) is 0 Å². The van der Waals surface area contributed by atoms with Gasteiger partial charge < -0.3 is 5.32 Å². The van der Waals surface area contributed by atoms with E-state index in [1.165, 1.54) is 6.20 Å². The Labute approximate surface area is 145 Å². The minimum Gasteiger partial charge on any atom is -0.322 e. The lowest BCUT2D eigenvalue weighted by molar-refractivity contribution is 0.102. The van der Waals surface area contributed by atoms with Crippen LogP contribution in [0, 0.1) is 13.8 Å². The van der Waals surface area contributed by atoms with E-state index in [-0.39, 0.29) is 11.9 Å². The number of carbonyl (C=O) groups is 1. The van der Waals surface area contributed by atoms with Crippen molar-refractivity contribution in [2.75, 3.05) is 5.32 Å². The Morgan fingerprint density at radius 1 is 1.21 bits per heavy atom. The number of rotatable bonds is 3. The highest BCUT2D eigenvalue weighted by Gasteiger charge is 2.20. The van der Waals surface area contributed by atoms with E-state index in [9.17, 15) is 4.79 Å². The average molecular weight is 343 g/mol. The monoisotopic (exact) mass is 342 g/mol. The van der Waals surface area contributed by atoms with Crippen molar-refractivity contribution in [2.45, 2.75) is 33.7 Å². The number of nitrogens with zero attached hydrogens (tertiary/aromatic N) is 3. The third-order valence-electron chi connectivity index (χ3n) is 3.88. The Kier molecular flexibility index (Phi) is 4.28. The average Bonchev–Trinajstić information content (AvgIpc) is 2.88. The summed E-state index contributed by atoms with van der Waals surface area (Å²) < 4.78 is 1.82. The van der Waals surface area contributed by atoms with Crippen LogP contribution in [0.15, 0.2) is 30.5 Å². The molecule has 0 aliphatic rings. The van der Waals surface area contributed by atoms with Gasteiger partial charge in [0.15, 0.2) is 5.65 Å². The van der Waals surface area contributed by atoms with Crippen molar-refractivity contribution in [3.63, 3.8) is 0 Å². The molecule has 1 amide bonds. The van der Waals surface area contributed by atoms with Gasteiger partial charge in [0.25, 0.3) is 5.91 Å². The van der Waals surface area contributed by atoms with E-state index in [4.69, 9.17) is 11.6 Å². The molecule has 0 saturated heterocycles. The number of aryl methyl sites for hydroxylation is 2. The van der Waals surface area contributed by atoms with Crippen molar-refractivity contribution in [2.24, 2.45) is 0 Å². The molecule has 6 heteroatoms. The first-order valence-corrected chi connectivity index (χ1v) is 8.17. The number of pyridine rings is 1. The number of nitrogens with one attached hydrogen (secondary N) is 1. The molecule has 0 radical (unpaired) electrons. The third kappa shape index (κ3) is 2.87. The fraction of sp³-hybridized carbons (Fsp3) is 0.278. The number of hydrogen-bond acceptors (Lipinski definition) is 3. The number of aromatic nitrogens is 3. The van der Waals surface area contributed by atoms with Crippen LogP contribution >= 0.6 is 11.6 Å². The van der Waals surface area contributed by atoms with Crippen LogP contribution in [0.3, 0.4) is 0 Å². The van der Waals surface area contributed by atoms with E-state index < -0.39 is 0 Å². The number of carbonyl (C=O) groups excluding carboxylic acids is 1. The molecular weight excluding hydrogens is 324 g/mol. The lowest BCUT2D eigenvalue weighted by atomic mass is 10.1. The Hall–Kier alpha value is -2.40. The molecule has 0 spiro atoms. The number of benzene rings is 1. The number of fused-ring (bicyclic) bond motifs is 1. The molecule has 1 aromatic carbocycles. The quantitative estimate of drug-likeness (QED) is 0.760. The molecule has 24 heavy (non-hydrogen) atoms. The molecule has 3 rings (SSSR count). The van der Waals surface area contributed by atoms with Gasteiger partial charge in [0, 0.05) is 17.9 Å². The molecule has 1 N–H and O–H groups in total. The first-order valence-electron chi connectivity index (χ1n) is 7.80. The predicted molar refractivity (Wildman–Crippen MR) is 96.8 cm³/mol. The summed E-state index contributed by atoms with van der Waals surface area (Å²) in [6.07, 6.45) is 1.51. The number of amides is 1. The van der Waals surface area contributed by atoms with Crippen molar-refractivity contribution in [3.8, 4) is 0 Å². The van der Waals surface area contributed by atoms with Gasteiger partial charge in [-0.15, -0.1) is 0 Å². The Balaban J connectivity index is 2.00. The fourth-order valence-electron chi connectivity index (χ4n) is 2.59. The molecule has 0 aliphatic heterocycles. The van der Waals surface area contributed by atoms with Gasteiger partial charge in [-0.1, -0.05) is 29.3 Å². The van der Waals surface area contributed by atoms with Crippen LogP contribution in [0.1, 0.15) is 41.5 Å². The van der Waals surface area contributed by atoms with Crippen molar-refractivity contribution < 1.29 is 4.79 Å². The molecule has 0 fully saturated rings. The summed E-state index contributed by atoms with van der Waals surface area (Å²) in [5, 5.41) is 8.44. The van der Waals surface area contributed by atoms with Crippen LogP contribution in [-0.2, 0) is 0 Å². The van der Waals surface area contributed by atoms with Crippen molar-refractivity contribution in [3.05, 3.63) is 52.3 Å². The summed E-state index contributed by atoms with van der Waals surface area (Å²) >= 11 is 6.50. The van der Waals surface area contributed by atoms with Crippen LogP contribution in [0.5, 0.6) is 0 Å². The van der Waals surface area contributed by atoms with Crippen molar-refractivity contribution >= 4 is 34.2 Å². The molecule has 0 atom stereocenters. The van der Waals surface area contributed by atoms with Crippen molar-refractivity contribution in [1.29, 1.82) is 0 Å². The lowest BCUT2D eigenvalue weighted by Gasteiger charge is -2.09. The molecular formula is C18H19ClN4O. The zero-order valence-corrected chi connectivity index (χ0v) is 14.8. The summed E-state index contributed by atoms with van der Waals surface area (Å²) in [7, 11) is 0. The van der Waals surface area contributed by atoms with Gasteiger partial charge in [-0.25, -0.2) is 9.67 Å². The minimum absolute atomic E-state index is 0.164. The number of anilines is 1. The molecule has 0 bridgehead atoms. The second-order valence-electron chi connectivity index (χ2n) is 6.13. The van der Waals surface area contributed by atoms with E-state index in [2.05, 4.69) is 15.4 Å². The Morgan fingerprint density at radius 2 is 1.88 bits per heavy atom. The fourth-order valence-corrected chi connectivity index (χ4v) is 2.94. The predicted octanol–water partition coefficient (Wildman–Crippen LogP) is 4.53. The van der Waals surface area contributed by atoms with Gasteiger partial charge in [-0.3, -0.25) is 4.79 Å². The normalized spacial score (nSPS) is 11.2. The lowest BCUT2D eigenvalue weighted by Crippen LogP contribution is -2.13. The smallest absolute Gasteiger partial charge is 0.258 e. The Bertz CT molecular complexity index is 913. The maximum absolute atomic E-state index is 12.6. The van der Waals surface area contributed by atoms with Crippen molar-refractivity contribution in [1.82, 2.24) is 14.8 Å². The van der Waals surface area contributed by atoms with Gasteiger partial charge in [0.2, 0.25) is 0 Å². The van der Waals surface area contributed by atoms with Gasteiger partial charge in [-0.05, 0) is 39.8 Å². The maximum Gasteiger partial charge on any atom is 0.258 e. The highest BCUT2D eigenvalue weighted by atomic mass is 35.5. The second kappa shape index (κ2) is 6.24. The topological polar surface area (TPSA) is 59.8 Å². The zero-order valence-electron chi connectivity index (χ0n) is 14.1. The van der Waals surface area contributed by atoms with E-state index in [1.54, 1.807) is 0 Å². The zero-order chi connectivity index (χ0) is 17.4. The molecule has 5 nitrogen and oxygen atoms in total. The van der Waals surface area contributed by atoms with Gasteiger partial charge in [0.05, 0.1) is 21.7 Å². The van der Waals surface area contributed by atoms with E-state index in [0.717, 1.165) is 22.3 Å². The summed E-state index contributed by atoms with van der Waals surface area (Å²) in [4.78, 5) is 17.0. The third-order valence-corrected chi connectivity index (χ3v) is 4.27. The van der Waals surface area contributed by atoms with E-state index in [0.29, 0.717) is 16.2 Å². The van der Waals surface area contributed by atoms with Crippen LogP contribution in [-0.4, -0.2) is 20.7 Å². The molecule has 0 aliphatic carbocycles. The highest BCUT2D eigenvalue weighted by molar-refractivity contribution is 6.39. The van der Waals surface area contributed by atoms with Gasteiger partial charge >= 0.3 is 0 Å². The maximum atomic E-state index is 12.6. The summed E-state index contributed by atoms with van der Waals surface area (Å²) in [6.45, 7) is 7.92. The highest BCUT2D eigenvalue weighted by Crippen LogP contribution is 2.30. The van der Waals surface area contributed by atoms with E-state index >= 15 is 0 Å². The molecule has 124 valence electrons. The molecule has 0 saturated carbocycles. The number of hydrogen-bond donors (Lipinski definition) is 1. The molecule has 2 aromatic heterocycles. The van der Waals surface area contributed by atoms with Crippen LogP contribution < -0.4 is 5.32 Å². The SMILES string of the molecule is Cc1ccc(NC(=O)c2cnc3c(c(C)nn3C(C)C)c2Cl)cc1. The van der Waals surface area contributed by atoms with Crippen LogP contribution in [0.25, 0.3) is 11.0 Å². The molecule has 0 unspecified atom stereocenters. The molecule has 2 heterocycles. The first kappa shape index (κ1) is 16.5. The van der Waals surface area contributed by atoms with E-state index in [1.807, 2.05) is 56.6 Å². The summed E-state index contributed by atoms with van der Waals surface area (Å²) in [6, 6.07) is 7.76. The minimum atomic E-state index is -0.282. The van der Waals surface area contributed by atoms with Crippen LogP contribution in [0.4, 0.5) is 5.69 Å². The first-order chi connectivity index (χ1) is 11.4. The summed E-state index contributed by atoms with van der Waals surface area (Å²) in [5.74, 6) is -0.282. The Morgan fingerprint density at radius 3 is 2.50 bits per heavy atom.